The third-order valence-corrected chi connectivity index (χ3v) is 5.01. The average Bonchev–Trinajstić information content (AvgIpc) is 3.47. The third kappa shape index (κ3) is 4.88. The minimum absolute atomic E-state index is 0.0818. The van der Waals surface area contributed by atoms with Gasteiger partial charge in [0.05, 0.1) is 17.9 Å². The molecule has 7 nitrogen and oxygen atoms in total. The van der Waals surface area contributed by atoms with E-state index in [-0.39, 0.29) is 23.2 Å². The third-order valence-electron chi connectivity index (χ3n) is 5.01. The number of ether oxygens (including phenoxy) is 1. The maximum Gasteiger partial charge on any atom is 0.315 e. The first kappa shape index (κ1) is 20.5. The van der Waals surface area contributed by atoms with Crippen LogP contribution in [0.1, 0.15) is 25.8 Å². The smallest absolute Gasteiger partial charge is 0.315 e. The Morgan fingerprint density at radius 2 is 1.74 bits per heavy atom. The minimum Gasteiger partial charge on any atom is -0.455 e. The molecule has 0 radical (unpaired) electrons. The number of carbonyl (C=O) groups excluding carboxylic acids is 2. The van der Waals surface area contributed by atoms with E-state index in [9.17, 15) is 18.4 Å². The molecular formula is C22H20F2N4O3. The second-order valence-corrected chi connectivity index (χ2v) is 7.35. The number of anilines is 2. The Balaban J connectivity index is 1.45. The van der Waals surface area contributed by atoms with E-state index in [2.05, 4.69) is 15.7 Å². The van der Waals surface area contributed by atoms with Crippen molar-refractivity contribution in [3.8, 4) is 11.5 Å². The molecule has 0 aliphatic heterocycles. The average molecular weight is 426 g/mol. The van der Waals surface area contributed by atoms with Crippen LogP contribution >= 0.6 is 0 Å². The SMILES string of the molecule is C[C@H](C1CC1)n1nccc1NC(=O)C(=O)Nc1ccccc1Oc1cc(F)cc(F)c1. The Morgan fingerprint density at radius 3 is 2.45 bits per heavy atom. The molecule has 31 heavy (non-hydrogen) atoms. The van der Waals surface area contributed by atoms with E-state index < -0.39 is 23.4 Å². The van der Waals surface area contributed by atoms with E-state index in [0.717, 1.165) is 31.0 Å². The van der Waals surface area contributed by atoms with E-state index >= 15 is 0 Å². The number of rotatable bonds is 6. The number of halogens is 2. The zero-order valence-electron chi connectivity index (χ0n) is 16.6. The van der Waals surface area contributed by atoms with Gasteiger partial charge in [-0.25, -0.2) is 13.5 Å². The molecule has 2 N–H and O–H groups in total. The van der Waals surface area contributed by atoms with Gasteiger partial charge >= 0.3 is 11.8 Å². The Kier molecular flexibility index (Phi) is 5.66. The summed E-state index contributed by atoms with van der Waals surface area (Å²) in [7, 11) is 0. The molecule has 0 spiro atoms. The summed E-state index contributed by atoms with van der Waals surface area (Å²) in [6.07, 6.45) is 3.79. The highest BCUT2D eigenvalue weighted by atomic mass is 19.1. The van der Waals surface area contributed by atoms with Crippen molar-refractivity contribution in [3.05, 3.63) is 66.4 Å². The van der Waals surface area contributed by atoms with Gasteiger partial charge < -0.3 is 15.4 Å². The molecule has 9 heteroatoms. The molecule has 0 bridgehead atoms. The molecule has 1 aromatic heterocycles. The van der Waals surface area contributed by atoms with Crippen LogP contribution < -0.4 is 15.4 Å². The molecule has 1 saturated carbocycles. The second kappa shape index (κ2) is 8.55. The molecule has 1 atom stereocenters. The van der Waals surface area contributed by atoms with Gasteiger partial charge in [0.2, 0.25) is 0 Å². The summed E-state index contributed by atoms with van der Waals surface area (Å²) in [5.41, 5.74) is 0.173. The lowest BCUT2D eigenvalue weighted by Gasteiger charge is -2.15. The first-order valence-corrected chi connectivity index (χ1v) is 9.79. The van der Waals surface area contributed by atoms with Gasteiger partial charge in [-0.3, -0.25) is 9.59 Å². The van der Waals surface area contributed by atoms with Gasteiger partial charge in [0, 0.05) is 24.3 Å². The molecule has 2 aromatic carbocycles. The minimum atomic E-state index is -0.923. The fraction of sp³-hybridized carbons (Fsp3) is 0.227. The van der Waals surface area contributed by atoms with E-state index in [1.54, 1.807) is 29.1 Å². The van der Waals surface area contributed by atoms with Crippen LogP contribution in [0, 0.1) is 17.6 Å². The Hall–Kier alpha value is -3.75. The summed E-state index contributed by atoms with van der Waals surface area (Å²) in [6.45, 7) is 2.02. The second-order valence-electron chi connectivity index (χ2n) is 7.35. The number of amides is 2. The zero-order chi connectivity index (χ0) is 22.0. The van der Waals surface area contributed by atoms with E-state index in [1.165, 1.54) is 12.1 Å². The fourth-order valence-corrected chi connectivity index (χ4v) is 3.24. The first-order chi connectivity index (χ1) is 14.9. The van der Waals surface area contributed by atoms with E-state index in [1.807, 2.05) is 6.92 Å². The standard InChI is InChI=1S/C22H20F2N4O3/c1-13(14-6-7-14)28-20(8-9-25-28)27-22(30)21(29)26-18-4-2-3-5-19(18)31-17-11-15(23)10-16(24)12-17/h2-5,8-14H,6-7H2,1H3,(H,26,29)(H,27,30)/t13-/m1/s1. The van der Waals surface area contributed by atoms with Gasteiger partial charge in [-0.2, -0.15) is 5.10 Å². The summed E-state index contributed by atoms with van der Waals surface area (Å²) in [5.74, 6) is -2.41. The zero-order valence-corrected chi connectivity index (χ0v) is 16.6. The van der Waals surface area contributed by atoms with Gasteiger partial charge in [0.25, 0.3) is 0 Å². The quantitative estimate of drug-likeness (QED) is 0.569. The topological polar surface area (TPSA) is 85.2 Å². The molecule has 0 saturated heterocycles. The number of para-hydroxylation sites is 2. The highest BCUT2D eigenvalue weighted by molar-refractivity contribution is 6.43. The van der Waals surface area contributed by atoms with Gasteiger partial charge in [-0.1, -0.05) is 12.1 Å². The van der Waals surface area contributed by atoms with Crippen molar-refractivity contribution in [3.63, 3.8) is 0 Å². The molecule has 3 aromatic rings. The molecular weight excluding hydrogens is 406 g/mol. The lowest BCUT2D eigenvalue weighted by Crippen LogP contribution is -2.30. The molecule has 1 heterocycles. The van der Waals surface area contributed by atoms with Gasteiger partial charge in [-0.05, 0) is 37.8 Å². The maximum absolute atomic E-state index is 13.4. The molecule has 1 fully saturated rings. The molecule has 4 rings (SSSR count). The molecule has 2 amide bonds. The van der Waals surface area contributed by atoms with Crippen molar-refractivity contribution in [2.24, 2.45) is 5.92 Å². The summed E-state index contributed by atoms with van der Waals surface area (Å²) < 4.78 is 34.0. The highest BCUT2D eigenvalue weighted by Gasteiger charge is 2.31. The number of benzene rings is 2. The lowest BCUT2D eigenvalue weighted by molar-refractivity contribution is -0.133. The molecule has 1 aliphatic carbocycles. The number of nitrogens with zero attached hydrogens (tertiary/aromatic N) is 2. The van der Waals surface area contributed by atoms with Crippen molar-refractivity contribution in [1.29, 1.82) is 0 Å². The summed E-state index contributed by atoms with van der Waals surface area (Å²) in [6, 6.07) is 10.7. The Morgan fingerprint density at radius 1 is 1.06 bits per heavy atom. The van der Waals surface area contributed by atoms with Crippen molar-refractivity contribution >= 4 is 23.3 Å². The highest BCUT2D eigenvalue weighted by Crippen LogP contribution is 2.40. The van der Waals surface area contributed by atoms with Crippen LogP contribution in [0.25, 0.3) is 0 Å². The molecule has 1 aliphatic rings. The summed E-state index contributed by atoms with van der Waals surface area (Å²) >= 11 is 0. The predicted octanol–water partition coefficient (Wildman–Crippen LogP) is 4.50. The molecule has 0 unspecified atom stereocenters. The van der Waals surface area contributed by atoms with Crippen molar-refractivity contribution < 1.29 is 23.1 Å². The molecule has 160 valence electrons. The van der Waals surface area contributed by atoms with Crippen LogP contribution in [0.3, 0.4) is 0 Å². The van der Waals surface area contributed by atoms with E-state index in [4.69, 9.17) is 4.74 Å². The van der Waals surface area contributed by atoms with Crippen molar-refractivity contribution in [2.45, 2.75) is 25.8 Å². The van der Waals surface area contributed by atoms with E-state index in [0.29, 0.717) is 11.7 Å². The monoisotopic (exact) mass is 426 g/mol. The van der Waals surface area contributed by atoms with Crippen LogP contribution in [-0.4, -0.2) is 21.6 Å². The van der Waals surface area contributed by atoms with Crippen LogP contribution in [0.2, 0.25) is 0 Å². The number of hydrogen-bond donors (Lipinski definition) is 2. The fourth-order valence-electron chi connectivity index (χ4n) is 3.24. The van der Waals surface area contributed by atoms with Crippen molar-refractivity contribution in [2.75, 3.05) is 10.6 Å². The van der Waals surface area contributed by atoms with Crippen LogP contribution in [0.4, 0.5) is 20.3 Å². The van der Waals surface area contributed by atoms with Crippen molar-refractivity contribution in [1.82, 2.24) is 9.78 Å². The predicted molar refractivity (Wildman–Crippen MR) is 110 cm³/mol. The van der Waals surface area contributed by atoms with Gasteiger partial charge in [0.15, 0.2) is 5.75 Å². The Labute approximate surface area is 177 Å². The van der Waals surface area contributed by atoms with Crippen LogP contribution in [0.5, 0.6) is 11.5 Å². The largest absolute Gasteiger partial charge is 0.455 e. The van der Waals surface area contributed by atoms with Gasteiger partial charge in [-0.15, -0.1) is 0 Å². The summed E-state index contributed by atoms with van der Waals surface area (Å²) in [4.78, 5) is 24.9. The maximum atomic E-state index is 13.4. The lowest BCUT2D eigenvalue weighted by atomic mass is 10.2. The van der Waals surface area contributed by atoms with Gasteiger partial charge in [0.1, 0.15) is 23.2 Å². The normalized spacial score (nSPS) is 14.0. The number of carbonyl (C=O) groups is 2. The first-order valence-electron chi connectivity index (χ1n) is 9.79. The van der Waals surface area contributed by atoms with Crippen LogP contribution in [0.15, 0.2) is 54.7 Å². The Bertz CT molecular complexity index is 1110. The number of hydrogen-bond acceptors (Lipinski definition) is 4. The summed E-state index contributed by atoms with van der Waals surface area (Å²) in [5, 5.41) is 9.27. The number of aromatic nitrogens is 2. The number of nitrogens with one attached hydrogen (secondary N) is 2. The van der Waals surface area contributed by atoms with Crippen LogP contribution in [-0.2, 0) is 9.59 Å².